The van der Waals surface area contributed by atoms with Crippen molar-refractivity contribution < 1.29 is 9.15 Å². The van der Waals surface area contributed by atoms with E-state index in [1.807, 2.05) is 24.3 Å². The zero-order valence-corrected chi connectivity index (χ0v) is 12.9. The van der Waals surface area contributed by atoms with E-state index in [9.17, 15) is 4.79 Å². The summed E-state index contributed by atoms with van der Waals surface area (Å²) in [4.78, 5) is 14.0. The first kappa shape index (κ1) is 14.8. The number of hydrogen-bond acceptors (Lipinski definition) is 7. The molecule has 0 fully saturated rings. The van der Waals surface area contributed by atoms with Gasteiger partial charge in [0.15, 0.2) is 17.1 Å². The predicted molar refractivity (Wildman–Crippen MR) is 86.0 cm³/mol. The summed E-state index contributed by atoms with van der Waals surface area (Å²) in [6, 6.07) is 7.50. The molecule has 0 aliphatic carbocycles. The molecule has 8 heteroatoms. The second-order valence-electron chi connectivity index (χ2n) is 4.89. The van der Waals surface area contributed by atoms with Crippen LogP contribution in [0.4, 0.5) is 5.95 Å². The van der Waals surface area contributed by atoms with Gasteiger partial charge in [0.1, 0.15) is 11.4 Å². The Hall–Kier alpha value is -3.16. The van der Waals surface area contributed by atoms with Crippen LogP contribution in [-0.4, -0.2) is 28.0 Å². The van der Waals surface area contributed by atoms with E-state index < -0.39 is 0 Å². The molecule has 0 saturated carbocycles. The van der Waals surface area contributed by atoms with Gasteiger partial charge in [0, 0.05) is 5.39 Å². The monoisotopic (exact) mass is 313 g/mol. The second-order valence-corrected chi connectivity index (χ2v) is 4.89. The van der Waals surface area contributed by atoms with Gasteiger partial charge in [-0.2, -0.15) is 5.10 Å². The van der Waals surface area contributed by atoms with Gasteiger partial charge in [-0.05, 0) is 26.0 Å². The molecular formula is C15H15N5O3. The van der Waals surface area contributed by atoms with Gasteiger partial charge in [0.05, 0.1) is 7.11 Å². The Labute approximate surface area is 131 Å². The average molecular weight is 313 g/mol. The normalized spacial score (nSPS) is 11.7. The molecule has 0 saturated heterocycles. The highest BCUT2D eigenvalue weighted by Gasteiger charge is 2.10. The molecule has 3 rings (SSSR count). The Morgan fingerprint density at radius 3 is 2.96 bits per heavy atom. The van der Waals surface area contributed by atoms with Gasteiger partial charge in [-0.25, -0.2) is 5.43 Å². The zero-order chi connectivity index (χ0) is 16.4. The van der Waals surface area contributed by atoms with E-state index in [1.165, 1.54) is 0 Å². The molecule has 3 aromatic rings. The summed E-state index contributed by atoms with van der Waals surface area (Å²) in [5, 5.41) is 12.6. The first-order valence-corrected chi connectivity index (χ1v) is 6.89. The topological polar surface area (TPSA) is 105 Å². The van der Waals surface area contributed by atoms with Gasteiger partial charge in [-0.15, -0.1) is 10.2 Å². The number of ether oxygens (including phenoxy) is 1. The van der Waals surface area contributed by atoms with Crippen LogP contribution in [0.5, 0.6) is 5.75 Å². The summed E-state index contributed by atoms with van der Waals surface area (Å²) < 4.78 is 11.0. The fraction of sp³-hybridized carbons (Fsp3) is 0.200. The zero-order valence-electron chi connectivity index (χ0n) is 12.9. The van der Waals surface area contributed by atoms with Crippen molar-refractivity contribution in [3.63, 3.8) is 0 Å². The number of hydrogen-bond donors (Lipinski definition) is 2. The highest BCUT2D eigenvalue weighted by atomic mass is 16.5. The molecule has 0 atom stereocenters. The number of anilines is 1. The SMILES string of the molecule is COc1cccc2cc(/C(C)=N\Nc3nnc(C)c(=O)[nH]3)oc12. The third-order valence-electron chi connectivity index (χ3n) is 3.27. The number of methoxy groups -OCH3 is 1. The average Bonchev–Trinajstić information content (AvgIpc) is 2.99. The number of rotatable bonds is 4. The van der Waals surface area contributed by atoms with E-state index in [4.69, 9.17) is 9.15 Å². The molecule has 2 N–H and O–H groups in total. The molecule has 0 spiro atoms. The molecule has 0 amide bonds. The van der Waals surface area contributed by atoms with E-state index in [-0.39, 0.29) is 11.5 Å². The molecule has 0 aliphatic heterocycles. The summed E-state index contributed by atoms with van der Waals surface area (Å²) in [6.07, 6.45) is 0. The number of aryl methyl sites for hydroxylation is 1. The molecule has 0 radical (unpaired) electrons. The highest BCUT2D eigenvalue weighted by Crippen LogP contribution is 2.28. The van der Waals surface area contributed by atoms with Crippen molar-refractivity contribution in [3.05, 3.63) is 46.1 Å². The van der Waals surface area contributed by atoms with Crippen LogP contribution in [-0.2, 0) is 0 Å². The van der Waals surface area contributed by atoms with Crippen LogP contribution in [0.25, 0.3) is 11.0 Å². The van der Waals surface area contributed by atoms with Crippen LogP contribution in [0.3, 0.4) is 0 Å². The van der Waals surface area contributed by atoms with Gasteiger partial charge in [0.25, 0.3) is 5.56 Å². The summed E-state index contributed by atoms with van der Waals surface area (Å²) >= 11 is 0. The summed E-state index contributed by atoms with van der Waals surface area (Å²) in [5.74, 6) is 1.40. The minimum absolute atomic E-state index is 0.161. The number of fused-ring (bicyclic) bond motifs is 1. The third-order valence-corrected chi connectivity index (χ3v) is 3.27. The molecule has 0 aliphatic rings. The molecule has 2 heterocycles. The largest absolute Gasteiger partial charge is 0.493 e. The van der Waals surface area contributed by atoms with Crippen molar-refractivity contribution in [2.45, 2.75) is 13.8 Å². The quantitative estimate of drug-likeness (QED) is 0.564. The van der Waals surface area contributed by atoms with Crippen molar-refractivity contribution >= 4 is 22.6 Å². The Bertz CT molecular complexity index is 942. The number of hydrazone groups is 1. The lowest BCUT2D eigenvalue weighted by Gasteiger charge is -2.00. The third kappa shape index (κ3) is 2.91. The van der Waals surface area contributed by atoms with Crippen LogP contribution < -0.4 is 15.7 Å². The number of H-pyrrole nitrogens is 1. The van der Waals surface area contributed by atoms with Crippen LogP contribution in [0.1, 0.15) is 18.4 Å². The van der Waals surface area contributed by atoms with Crippen LogP contribution in [0, 0.1) is 6.92 Å². The maximum absolute atomic E-state index is 11.5. The van der Waals surface area contributed by atoms with E-state index >= 15 is 0 Å². The van der Waals surface area contributed by atoms with Gasteiger partial charge in [-0.1, -0.05) is 12.1 Å². The second kappa shape index (κ2) is 5.91. The fourth-order valence-corrected chi connectivity index (χ4v) is 2.01. The molecule has 0 bridgehead atoms. The lowest BCUT2D eigenvalue weighted by atomic mass is 10.2. The lowest BCUT2D eigenvalue weighted by Crippen LogP contribution is -2.15. The highest BCUT2D eigenvalue weighted by molar-refractivity contribution is 6.00. The molecule has 8 nitrogen and oxygen atoms in total. The number of para-hydroxylation sites is 1. The lowest BCUT2D eigenvalue weighted by molar-refractivity contribution is 0.410. The first-order chi connectivity index (χ1) is 11.1. The Kier molecular flexibility index (Phi) is 3.80. The number of furan rings is 1. The standard InChI is InChI=1S/C15H15N5O3/c1-8(17-19-15-16-14(21)9(2)18-20-15)12-7-10-5-4-6-11(22-3)13(10)23-12/h4-7H,1-3H3,(H2,16,19,20,21)/b17-8-. The van der Waals surface area contributed by atoms with Crippen molar-refractivity contribution in [3.8, 4) is 5.75 Å². The van der Waals surface area contributed by atoms with Crippen molar-refractivity contribution in [1.82, 2.24) is 15.2 Å². The molecule has 1 aromatic carbocycles. The number of nitrogens with one attached hydrogen (secondary N) is 2. The maximum Gasteiger partial charge on any atom is 0.274 e. The summed E-state index contributed by atoms with van der Waals surface area (Å²) in [7, 11) is 1.59. The van der Waals surface area contributed by atoms with E-state index in [0.29, 0.717) is 28.5 Å². The van der Waals surface area contributed by atoms with E-state index in [2.05, 4.69) is 25.7 Å². The van der Waals surface area contributed by atoms with Crippen LogP contribution in [0.2, 0.25) is 0 Å². The maximum atomic E-state index is 11.5. The predicted octanol–water partition coefficient (Wildman–Crippen LogP) is 2.06. The molecule has 23 heavy (non-hydrogen) atoms. The molecule has 2 aromatic heterocycles. The number of nitrogens with zero attached hydrogens (tertiary/aromatic N) is 3. The summed E-state index contributed by atoms with van der Waals surface area (Å²) in [6.45, 7) is 3.35. The molecular weight excluding hydrogens is 298 g/mol. The fourth-order valence-electron chi connectivity index (χ4n) is 2.01. The van der Waals surface area contributed by atoms with E-state index in [1.54, 1.807) is 21.0 Å². The van der Waals surface area contributed by atoms with Crippen molar-refractivity contribution in [1.29, 1.82) is 0 Å². The van der Waals surface area contributed by atoms with Crippen LogP contribution in [0.15, 0.2) is 38.6 Å². The number of benzene rings is 1. The number of aromatic nitrogens is 3. The Morgan fingerprint density at radius 2 is 2.22 bits per heavy atom. The molecule has 0 unspecified atom stereocenters. The van der Waals surface area contributed by atoms with Gasteiger partial charge >= 0.3 is 0 Å². The minimum Gasteiger partial charge on any atom is -0.493 e. The molecule has 118 valence electrons. The Balaban J connectivity index is 1.88. The van der Waals surface area contributed by atoms with Gasteiger partial charge in [0.2, 0.25) is 5.95 Å². The smallest absolute Gasteiger partial charge is 0.274 e. The minimum atomic E-state index is -0.316. The number of aromatic amines is 1. The van der Waals surface area contributed by atoms with Crippen molar-refractivity contribution in [2.24, 2.45) is 5.10 Å². The first-order valence-electron chi connectivity index (χ1n) is 6.89. The van der Waals surface area contributed by atoms with Gasteiger partial charge in [-0.3, -0.25) is 9.78 Å². The van der Waals surface area contributed by atoms with Crippen LogP contribution >= 0.6 is 0 Å². The summed E-state index contributed by atoms with van der Waals surface area (Å²) in [5.41, 5.74) is 3.87. The van der Waals surface area contributed by atoms with Gasteiger partial charge < -0.3 is 9.15 Å². The van der Waals surface area contributed by atoms with E-state index in [0.717, 1.165) is 5.39 Å². The Morgan fingerprint density at radius 1 is 1.39 bits per heavy atom. The van der Waals surface area contributed by atoms with Crippen molar-refractivity contribution in [2.75, 3.05) is 12.5 Å².